The van der Waals surface area contributed by atoms with Crippen LogP contribution in [0.25, 0.3) is 10.2 Å². The number of thiophene rings is 1. The SMILES string of the molecule is CCOC(=O)c1sc2nc(C)nc(NC(C(N)=O)c3ccccc3)c2c1C. The van der Waals surface area contributed by atoms with E-state index in [2.05, 4.69) is 15.3 Å². The lowest BCUT2D eigenvalue weighted by Crippen LogP contribution is -2.28. The van der Waals surface area contributed by atoms with Crippen molar-refractivity contribution >= 4 is 39.2 Å². The first-order valence-corrected chi connectivity index (χ1v) is 9.29. The van der Waals surface area contributed by atoms with Gasteiger partial charge in [0, 0.05) is 0 Å². The smallest absolute Gasteiger partial charge is 0.348 e. The first-order chi connectivity index (χ1) is 12.9. The summed E-state index contributed by atoms with van der Waals surface area (Å²) in [4.78, 5) is 34.3. The van der Waals surface area contributed by atoms with E-state index in [-0.39, 0.29) is 0 Å². The molecule has 0 aliphatic heterocycles. The van der Waals surface area contributed by atoms with Crippen molar-refractivity contribution in [2.45, 2.75) is 26.8 Å². The summed E-state index contributed by atoms with van der Waals surface area (Å²) in [6, 6.07) is 8.42. The number of hydrogen-bond acceptors (Lipinski definition) is 7. The number of hydrogen-bond donors (Lipinski definition) is 2. The topological polar surface area (TPSA) is 107 Å². The number of rotatable bonds is 6. The second kappa shape index (κ2) is 7.71. The van der Waals surface area contributed by atoms with Gasteiger partial charge in [0.2, 0.25) is 5.91 Å². The number of amides is 1. The average Bonchev–Trinajstić information content (AvgIpc) is 2.96. The summed E-state index contributed by atoms with van der Waals surface area (Å²) in [6.07, 6.45) is 0. The molecule has 3 aromatic rings. The summed E-state index contributed by atoms with van der Waals surface area (Å²) >= 11 is 1.25. The number of esters is 1. The van der Waals surface area contributed by atoms with Gasteiger partial charge in [-0.25, -0.2) is 14.8 Å². The molecule has 1 unspecified atom stereocenters. The lowest BCUT2D eigenvalue weighted by Gasteiger charge is -2.17. The van der Waals surface area contributed by atoms with E-state index in [0.29, 0.717) is 38.9 Å². The zero-order valence-corrected chi connectivity index (χ0v) is 16.1. The maximum atomic E-state index is 12.2. The van der Waals surface area contributed by atoms with Crippen molar-refractivity contribution in [1.29, 1.82) is 0 Å². The first-order valence-electron chi connectivity index (χ1n) is 8.48. The average molecular weight is 384 g/mol. The van der Waals surface area contributed by atoms with E-state index in [1.165, 1.54) is 11.3 Å². The standard InChI is InChI=1S/C19H20N4O3S/c1-4-26-19(25)15-10(2)13-17(21-11(3)22-18(13)27-15)23-14(16(20)24)12-8-6-5-7-9-12/h5-9,14H,4H2,1-3H3,(H2,20,24)(H,21,22,23). The minimum Gasteiger partial charge on any atom is -0.462 e. The monoisotopic (exact) mass is 384 g/mol. The fourth-order valence-corrected chi connectivity index (χ4v) is 3.96. The summed E-state index contributed by atoms with van der Waals surface area (Å²) in [5.74, 6) is 0.0765. The van der Waals surface area contributed by atoms with Crippen molar-refractivity contribution < 1.29 is 14.3 Å². The number of fused-ring (bicyclic) bond motifs is 1. The maximum absolute atomic E-state index is 12.2. The van der Waals surface area contributed by atoms with Crippen molar-refractivity contribution in [3.8, 4) is 0 Å². The van der Waals surface area contributed by atoms with Crippen molar-refractivity contribution in [2.75, 3.05) is 11.9 Å². The predicted molar refractivity (Wildman–Crippen MR) is 105 cm³/mol. The molecule has 0 bridgehead atoms. The van der Waals surface area contributed by atoms with Gasteiger partial charge in [-0.2, -0.15) is 0 Å². The number of nitrogens with zero attached hydrogens (tertiary/aromatic N) is 2. The van der Waals surface area contributed by atoms with Gasteiger partial charge in [-0.15, -0.1) is 11.3 Å². The molecule has 1 atom stereocenters. The number of aromatic nitrogens is 2. The molecule has 0 radical (unpaired) electrons. The summed E-state index contributed by atoms with van der Waals surface area (Å²) in [5.41, 5.74) is 7.06. The zero-order valence-electron chi connectivity index (χ0n) is 15.3. The molecule has 3 rings (SSSR count). The van der Waals surface area contributed by atoms with E-state index in [0.717, 1.165) is 5.56 Å². The van der Waals surface area contributed by atoms with Crippen molar-refractivity contribution in [3.63, 3.8) is 0 Å². The van der Waals surface area contributed by atoms with Gasteiger partial charge in [-0.05, 0) is 31.9 Å². The van der Waals surface area contributed by atoms with E-state index < -0.39 is 17.9 Å². The van der Waals surface area contributed by atoms with E-state index >= 15 is 0 Å². The molecule has 0 saturated heterocycles. The number of carbonyl (C=O) groups is 2. The highest BCUT2D eigenvalue weighted by atomic mass is 32.1. The highest BCUT2D eigenvalue weighted by Gasteiger charge is 2.24. The number of nitrogens with two attached hydrogens (primary N) is 1. The largest absolute Gasteiger partial charge is 0.462 e. The number of nitrogens with one attached hydrogen (secondary N) is 1. The molecule has 2 aromatic heterocycles. The third kappa shape index (κ3) is 3.75. The van der Waals surface area contributed by atoms with Crippen LogP contribution < -0.4 is 11.1 Å². The maximum Gasteiger partial charge on any atom is 0.348 e. The van der Waals surface area contributed by atoms with Crippen LogP contribution in [-0.2, 0) is 9.53 Å². The van der Waals surface area contributed by atoms with E-state index in [9.17, 15) is 9.59 Å². The van der Waals surface area contributed by atoms with Crippen LogP contribution in [0.5, 0.6) is 0 Å². The molecule has 0 saturated carbocycles. The fourth-order valence-electron chi connectivity index (χ4n) is 2.84. The van der Waals surface area contributed by atoms with Crippen LogP contribution in [0.4, 0.5) is 5.82 Å². The molecule has 0 aliphatic carbocycles. The zero-order chi connectivity index (χ0) is 19.6. The Kier molecular flexibility index (Phi) is 5.36. The number of carbonyl (C=O) groups excluding carboxylic acids is 2. The van der Waals surface area contributed by atoms with Crippen LogP contribution in [0.3, 0.4) is 0 Å². The number of primary amides is 1. The summed E-state index contributed by atoms with van der Waals surface area (Å²) in [7, 11) is 0. The number of aryl methyl sites for hydroxylation is 2. The van der Waals surface area contributed by atoms with Gasteiger partial charge in [-0.1, -0.05) is 30.3 Å². The van der Waals surface area contributed by atoms with Crippen LogP contribution in [0, 0.1) is 13.8 Å². The highest BCUT2D eigenvalue weighted by Crippen LogP contribution is 2.35. The van der Waals surface area contributed by atoms with Gasteiger partial charge >= 0.3 is 5.97 Å². The molecule has 27 heavy (non-hydrogen) atoms. The van der Waals surface area contributed by atoms with Crippen LogP contribution in [0.2, 0.25) is 0 Å². The number of ether oxygens (including phenoxy) is 1. The van der Waals surface area contributed by atoms with E-state index in [1.54, 1.807) is 13.8 Å². The number of anilines is 1. The Balaban J connectivity index is 2.10. The minimum atomic E-state index is -0.756. The molecule has 7 nitrogen and oxygen atoms in total. The van der Waals surface area contributed by atoms with Crippen LogP contribution in [-0.4, -0.2) is 28.5 Å². The Morgan fingerprint density at radius 3 is 2.56 bits per heavy atom. The van der Waals surface area contributed by atoms with Crippen LogP contribution >= 0.6 is 11.3 Å². The molecule has 8 heteroatoms. The van der Waals surface area contributed by atoms with Crippen molar-refractivity contribution in [1.82, 2.24) is 9.97 Å². The molecular formula is C19H20N4O3S. The Labute approximate surface area is 160 Å². The molecule has 0 fully saturated rings. The van der Waals surface area contributed by atoms with Crippen LogP contribution in [0.15, 0.2) is 30.3 Å². The van der Waals surface area contributed by atoms with E-state index in [4.69, 9.17) is 10.5 Å². The normalized spacial score (nSPS) is 12.0. The Morgan fingerprint density at radius 1 is 1.22 bits per heavy atom. The molecule has 0 aliphatic rings. The summed E-state index contributed by atoms with van der Waals surface area (Å²) in [6.45, 7) is 5.62. The Morgan fingerprint density at radius 2 is 1.93 bits per heavy atom. The number of benzene rings is 1. The van der Waals surface area contributed by atoms with Gasteiger partial charge < -0.3 is 15.8 Å². The molecule has 0 spiro atoms. The van der Waals surface area contributed by atoms with Gasteiger partial charge in [0.25, 0.3) is 0 Å². The quantitative estimate of drug-likeness (QED) is 0.632. The van der Waals surface area contributed by atoms with E-state index in [1.807, 2.05) is 37.3 Å². The van der Waals surface area contributed by atoms with Crippen LogP contribution in [0.1, 0.15) is 39.6 Å². The predicted octanol–water partition coefficient (Wildman–Crippen LogP) is 3.12. The minimum absolute atomic E-state index is 0.292. The highest BCUT2D eigenvalue weighted by molar-refractivity contribution is 7.20. The Hall–Kier alpha value is -3.00. The summed E-state index contributed by atoms with van der Waals surface area (Å²) < 4.78 is 5.13. The Bertz CT molecular complexity index is 1000. The molecule has 1 amide bonds. The molecule has 140 valence electrons. The fraction of sp³-hybridized carbons (Fsp3) is 0.263. The first kappa shape index (κ1) is 18.8. The molecule has 2 heterocycles. The van der Waals surface area contributed by atoms with Crippen molar-refractivity contribution in [2.24, 2.45) is 5.73 Å². The lowest BCUT2D eigenvalue weighted by molar-refractivity contribution is -0.118. The summed E-state index contributed by atoms with van der Waals surface area (Å²) in [5, 5.41) is 3.82. The van der Waals surface area contributed by atoms with Crippen molar-refractivity contribution in [3.05, 3.63) is 52.2 Å². The second-order valence-electron chi connectivity index (χ2n) is 5.97. The van der Waals surface area contributed by atoms with Gasteiger partial charge in [0.1, 0.15) is 27.4 Å². The molecule has 1 aromatic carbocycles. The lowest BCUT2D eigenvalue weighted by atomic mass is 10.1. The molecule has 3 N–H and O–H groups in total. The third-order valence-corrected chi connectivity index (χ3v) is 5.23. The third-order valence-electron chi connectivity index (χ3n) is 4.06. The van der Waals surface area contributed by atoms with Gasteiger partial charge in [0.15, 0.2) is 0 Å². The van der Waals surface area contributed by atoms with Gasteiger partial charge in [-0.3, -0.25) is 4.79 Å². The molecular weight excluding hydrogens is 364 g/mol. The van der Waals surface area contributed by atoms with Gasteiger partial charge in [0.05, 0.1) is 12.0 Å². The second-order valence-corrected chi connectivity index (χ2v) is 6.97.